The van der Waals surface area contributed by atoms with Gasteiger partial charge in [-0.15, -0.1) is 0 Å². The summed E-state index contributed by atoms with van der Waals surface area (Å²) in [6.07, 6.45) is 7.27. The average molecular weight is 256 g/mol. The molecule has 1 aromatic rings. The second-order valence-electron chi connectivity index (χ2n) is 5.27. The molecule has 0 heterocycles. The van der Waals surface area contributed by atoms with Crippen LogP contribution in [-0.2, 0) is 11.2 Å². The van der Waals surface area contributed by atoms with Crippen molar-refractivity contribution in [3.8, 4) is 6.07 Å². The van der Waals surface area contributed by atoms with Crippen LogP contribution in [0.3, 0.4) is 0 Å². The maximum absolute atomic E-state index is 11.8. The SMILES string of the molecule is N#CCc1ccc(NC(=O)CCC2CCCC2)cc1. The number of benzene rings is 1. The molecule has 3 heteroatoms. The quantitative estimate of drug-likeness (QED) is 0.874. The summed E-state index contributed by atoms with van der Waals surface area (Å²) in [6.45, 7) is 0. The highest BCUT2D eigenvalue weighted by atomic mass is 16.1. The fourth-order valence-corrected chi connectivity index (χ4v) is 2.65. The Hall–Kier alpha value is -1.82. The van der Waals surface area contributed by atoms with Gasteiger partial charge in [-0.2, -0.15) is 5.26 Å². The summed E-state index contributed by atoms with van der Waals surface area (Å²) in [5.74, 6) is 0.851. The van der Waals surface area contributed by atoms with E-state index in [1.54, 1.807) is 0 Å². The molecule has 1 aliphatic carbocycles. The molecule has 1 aromatic carbocycles. The first-order chi connectivity index (χ1) is 9.28. The largest absolute Gasteiger partial charge is 0.326 e. The first-order valence-electron chi connectivity index (χ1n) is 7.03. The van der Waals surface area contributed by atoms with Gasteiger partial charge in [0.15, 0.2) is 0 Å². The Labute approximate surface area is 114 Å². The van der Waals surface area contributed by atoms with Gasteiger partial charge in [0.1, 0.15) is 0 Å². The van der Waals surface area contributed by atoms with Crippen LogP contribution in [0.5, 0.6) is 0 Å². The standard InChI is InChI=1S/C16H20N2O/c17-12-11-14-5-8-15(9-6-14)18-16(19)10-7-13-3-1-2-4-13/h5-6,8-9,13H,1-4,7,10-11H2,(H,18,19). The second-order valence-corrected chi connectivity index (χ2v) is 5.27. The van der Waals surface area contributed by atoms with Crippen molar-refractivity contribution in [1.29, 1.82) is 5.26 Å². The Kier molecular flexibility index (Phi) is 4.97. The Balaban J connectivity index is 1.76. The first-order valence-corrected chi connectivity index (χ1v) is 7.03. The van der Waals surface area contributed by atoms with Gasteiger partial charge in [-0.05, 0) is 30.0 Å². The summed E-state index contributed by atoms with van der Waals surface area (Å²) < 4.78 is 0. The number of rotatable bonds is 5. The molecule has 1 saturated carbocycles. The average Bonchev–Trinajstić information content (AvgIpc) is 2.92. The summed E-state index contributed by atoms with van der Waals surface area (Å²) in [5, 5.41) is 11.5. The molecule has 0 unspecified atom stereocenters. The molecule has 100 valence electrons. The van der Waals surface area contributed by atoms with Gasteiger partial charge in [0.2, 0.25) is 5.91 Å². The summed E-state index contributed by atoms with van der Waals surface area (Å²) >= 11 is 0. The minimum absolute atomic E-state index is 0.0972. The van der Waals surface area contributed by atoms with Crippen molar-refractivity contribution in [1.82, 2.24) is 0 Å². The number of nitrogens with one attached hydrogen (secondary N) is 1. The lowest BCUT2D eigenvalue weighted by molar-refractivity contribution is -0.116. The number of hydrogen-bond donors (Lipinski definition) is 1. The molecule has 0 atom stereocenters. The van der Waals surface area contributed by atoms with E-state index >= 15 is 0 Å². The Morgan fingerprint density at radius 1 is 1.26 bits per heavy atom. The lowest BCUT2D eigenvalue weighted by atomic mass is 10.0. The number of carbonyl (C=O) groups excluding carboxylic acids is 1. The summed E-state index contributed by atoms with van der Waals surface area (Å²) in [6, 6.07) is 9.60. The van der Waals surface area contributed by atoms with Crippen LogP contribution >= 0.6 is 0 Å². The molecule has 0 spiro atoms. The van der Waals surface area contributed by atoms with Gasteiger partial charge < -0.3 is 5.32 Å². The molecule has 0 saturated heterocycles. The maximum atomic E-state index is 11.8. The van der Waals surface area contributed by atoms with Gasteiger partial charge in [-0.3, -0.25) is 4.79 Å². The maximum Gasteiger partial charge on any atom is 0.224 e. The van der Waals surface area contributed by atoms with Crippen molar-refractivity contribution in [3.63, 3.8) is 0 Å². The van der Waals surface area contributed by atoms with Crippen LogP contribution in [0.15, 0.2) is 24.3 Å². The van der Waals surface area contributed by atoms with E-state index < -0.39 is 0 Å². The number of anilines is 1. The van der Waals surface area contributed by atoms with Gasteiger partial charge in [0.25, 0.3) is 0 Å². The highest BCUT2D eigenvalue weighted by molar-refractivity contribution is 5.90. The molecular formula is C16H20N2O. The monoisotopic (exact) mass is 256 g/mol. The molecule has 0 radical (unpaired) electrons. The van der Waals surface area contributed by atoms with Crippen LogP contribution in [0.2, 0.25) is 0 Å². The number of amides is 1. The topological polar surface area (TPSA) is 52.9 Å². The Morgan fingerprint density at radius 2 is 1.95 bits per heavy atom. The third kappa shape index (κ3) is 4.40. The second kappa shape index (κ2) is 6.94. The zero-order valence-electron chi connectivity index (χ0n) is 11.2. The van der Waals surface area contributed by atoms with Crippen molar-refractivity contribution in [2.45, 2.75) is 44.9 Å². The van der Waals surface area contributed by atoms with Crippen molar-refractivity contribution in [3.05, 3.63) is 29.8 Å². The van der Waals surface area contributed by atoms with Crippen LogP contribution in [0.4, 0.5) is 5.69 Å². The molecule has 19 heavy (non-hydrogen) atoms. The lowest BCUT2D eigenvalue weighted by Crippen LogP contribution is -2.12. The fourth-order valence-electron chi connectivity index (χ4n) is 2.65. The molecule has 0 aromatic heterocycles. The fraction of sp³-hybridized carbons (Fsp3) is 0.500. The molecule has 0 aliphatic heterocycles. The molecule has 1 fully saturated rings. The van der Waals surface area contributed by atoms with E-state index in [4.69, 9.17) is 5.26 Å². The molecule has 1 aliphatic rings. The van der Waals surface area contributed by atoms with E-state index in [-0.39, 0.29) is 5.91 Å². The number of carbonyl (C=O) groups is 1. The van der Waals surface area contributed by atoms with Crippen molar-refractivity contribution >= 4 is 11.6 Å². The number of nitriles is 1. The molecule has 1 amide bonds. The normalized spacial score (nSPS) is 15.1. The van der Waals surface area contributed by atoms with Gasteiger partial charge >= 0.3 is 0 Å². The van der Waals surface area contributed by atoms with Crippen LogP contribution in [0, 0.1) is 17.2 Å². The zero-order valence-corrected chi connectivity index (χ0v) is 11.2. The highest BCUT2D eigenvalue weighted by Crippen LogP contribution is 2.28. The first kappa shape index (κ1) is 13.6. The van der Waals surface area contributed by atoms with Crippen molar-refractivity contribution in [2.24, 2.45) is 5.92 Å². The molecular weight excluding hydrogens is 236 g/mol. The number of hydrogen-bond acceptors (Lipinski definition) is 2. The molecule has 1 N–H and O–H groups in total. The smallest absolute Gasteiger partial charge is 0.224 e. The summed E-state index contributed by atoms with van der Waals surface area (Å²) in [7, 11) is 0. The summed E-state index contributed by atoms with van der Waals surface area (Å²) in [4.78, 5) is 11.8. The van der Waals surface area contributed by atoms with Gasteiger partial charge in [-0.25, -0.2) is 0 Å². The van der Waals surface area contributed by atoms with Gasteiger partial charge in [0.05, 0.1) is 12.5 Å². The predicted octanol–water partition coefficient (Wildman–Crippen LogP) is 3.66. The van der Waals surface area contributed by atoms with E-state index in [1.165, 1.54) is 25.7 Å². The van der Waals surface area contributed by atoms with Gasteiger partial charge in [-0.1, -0.05) is 37.8 Å². The van der Waals surface area contributed by atoms with E-state index in [9.17, 15) is 4.79 Å². The Morgan fingerprint density at radius 3 is 2.58 bits per heavy atom. The van der Waals surface area contributed by atoms with E-state index in [1.807, 2.05) is 24.3 Å². The minimum Gasteiger partial charge on any atom is -0.326 e. The van der Waals surface area contributed by atoms with E-state index in [0.717, 1.165) is 23.6 Å². The van der Waals surface area contributed by atoms with E-state index in [2.05, 4.69) is 11.4 Å². The van der Waals surface area contributed by atoms with Crippen LogP contribution in [0.25, 0.3) is 0 Å². The van der Waals surface area contributed by atoms with Crippen molar-refractivity contribution in [2.75, 3.05) is 5.32 Å². The van der Waals surface area contributed by atoms with Crippen LogP contribution < -0.4 is 5.32 Å². The van der Waals surface area contributed by atoms with E-state index in [0.29, 0.717) is 12.8 Å². The lowest BCUT2D eigenvalue weighted by Gasteiger charge is -2.09. The molecule has 2 rings (SSSR count). The number of nitrogens with zero attached hydrogens (tertiary/aromatic N) is 1. The van der Waals surface area contributed by atoms with Crippen molar-refractivity contribution < 1.29 is 4.79 Å². The zero-order chi connectivity index (χ0) is 13.5. The van der Waals surface area contributed by atoms with Crippen LogP contribution in [0.1, 0.15) is 44.1 Å². The van der Waals surface area contributed by atoms with Gasteiger partial charge in [0, 0.05) is 12.1 Å². The summed E-state index contributed by atoms with van der Waals surface area (Å²) in [5.41, 5.74) is 1.80. The third-order valence-electron chi connectivity index (χ3n) is 3.78. The Bertz CT molecular complexity index is 453. The third-order valence-corrected chi connectivity index (χ3v) is 3.78. The van der Waals surface area contributed by atoms with Crippen LogP contribution in [-0.4, -0.2) is 5.91 Å². The molecule has 0 bridgehead atoms. The highest BCUT2D eigenvalue weighted by Gasteiger charge is 2.16. The molecule has 3 nitrogen and oxygen atoms in total. The predicted molar refractivity (Wildman–Crippen MR) is 75.6 cm³/mol. The minimum atomic E-state index is 0.0972.